The highest BCUT2D eigenvalue weighted by atomic mass is 16.5. The highest BCUT2D eigenvalue weighted by Gasteiger charge is 2.34. The number of fused-ring (bicyclic) bond motifs is 1. The van der Waals surface area contributed by atoms with Crippen LogP contribution in [0.25, 0.3) is 0 Å². The third kappa shape index (κ3) is 3.83. The van der Waals surface area contributed by atoms with Crippen LogP contribution in [-0.4, -0.2) is 20.5 Å². The third-order valence-electron chi connectivity index (χ3n) is 5.69. The van der Waals surface area contributed by atoms with Crippen molar-refractivity contribution < 1.29 is 19.0 Å². The fourth-order valence-corrected chi connectivity index (χ4v) is 4.16. The zero-order valence-corrected chi connectivity index (χ0v) is 17.1. The first-order valence-corrected chi connectivity index (χ1v) is 9.55. The number of benzene rings is 2. The van der Waals surface area contributed by atoms with E-state index in [0.29, 0.717) is 12.2 Å². The Labute approximate surface area is 167 Å². The molecule has 4 heteroatoms. The number of hydrogen-bond acceptors (Lipinski definition) is 4. The van der Waals surface area contributed by atoms with Crippen LogP contribution in [0.5, 0.6) is 11.5 Å². The van der Waals surface area contributed by atoms with Crippen molar-refractivity contribution in [1.82, 2.24) is 0 Å². The number of aryl methyl sites for hydroxylation is 1. The van der Waals surface area contributed by atoms with E-state index in [2.05, 4.69) is 26.5 Å². The van der Waals surface area contributed by atoms with Gasteiger partial charge in [-0.1, -0.05) is 18.7 Å². The SMILES string of the molecule is C=C(C=O)[C@@H]1CCc2c(C)cc(OCc3cccc(OC)c3)c(C)c2[C@@H]1OC. The van der Waals surface area contributed by atoms with Gasteiger partial charge in [0.05, 0.1) is 13.2 Å². The van der Waals surface area contributed by atoms with Gasteiger partial charge >= 0.3 is 0 Å². The van der Waals surface area contributed by atoms with Gasteiger partial charge in [-0.05, 0) is 78.3 Å². The predicted octanol–water partition coefficient (Wildman–Crippen LogP) is 4.90. The monoisotopic (exact) mass is 380 g/mol. The minimum atomic E-state index is -0.180. The first-order chi connectivity index (χ1) is 13.5. The Kier molecular flexibility index (Phi) is 6.20. The van der Waals surface area contributed by atoms with Crippen molar-refractivity contribution in [2.24, 2.45) is 5.92 Å². The number of hydrogen-bond donors (Lipinski definition) is 0. The molecule has 0 aliphatic heterocycles. The second-order valence-electron chi connectivity index (χ2n) is 7.34. The van der Waals surface area contributed by atoms with Crippen LogP contribution in [0.4, 0.5) is 0 Å². The molecular weight excluding hydrogens is 352 g/mol. The van der Waals surface area contributed by atoms with Gasteiger partial charge in [0.25, 0.3) is 0 Å². The van der Waals surface area contributed by atoms with E-state index in [9.17, 15) is 4.79 Å². The Balaban J connectivity index is 1.93. The van der Waals surface area contributed by atoms with Gasteiger partial charge in [-0.3, -0.25) is 4.79 Å². The summed E-state index contributed by atoms with van der Waals surface area (Å²) in [5.74, 6) is 1.66. The van der Waals surface area contributed by atoms with Crippen LogP contribution >= 0.6 is 0 Å². The molecule has 28 heavy (non-hydrogen) atoms. The molecule has 0 heterocycles. The van der Waals surface area contributed by atoms with Crippen LogP contribution in [0, 0.1) is 19.8 Å². The number of ether oxygens (including phenoxy) is 3. The summed E-state index contributed by atoms with van der Waals surface area (Å²) in [6.45, 7) is 8.58. The minimum Gasteiger partial charge on any atom is -0.497 e. The molecule has 0 saturated heterocycles. The van der Waals surface area contributed by atoms with Gasteiger partial charge in [0.15, 0.2) is 0 Å². The average molecular weight is 380 g/mol. The van der Waals surface area contributed by atoms with Crippen molar-refractivity contribution in [3.63, 3.8) is 0 Å². The quantitative estimate of drug-likeness (QED) is 0.506. The first kappa shape index (κ1) is 20.2. The molecule has 0 unspecified atom stereocenters. The summed E-state index contributed by atoms with van der Waals surface area (Å²) in [6, 6.07) is 9.98. The summed E-state index contributed by atoms with van der Waals surface area (Å²) in [4.78, 5) is 11.3. The van der Waals surface area contributed by atoms with E-state index < -0.39 is 0 Å². The molecule has 1 aliphatic rings. The molecule has 3 rings (SSSR count). The van der Waals surface area contributed by atoms with Crippen LogP contribution in [0.3, 0.4) is 0 Å². The van der Waals surface area contributed by atoms with Gasteiger partial charge in [0.2, 0.25) is 0 Å². The Morgan fingerprint density at radius 3 is 2.71 bits per heavy atom. The van der Waals surface area contributed by atoms with Gasteiger partial charge in [0, 0.05) is 13.0 Å². The molecule has 2 atom stereocenters. The Morgan fingerprint density at radius 2 is 2.04 bits per heavy atom. The molecule has 2 aromatic rings. The lowest BCUT2D eigenvalue weighted by Crippen LogP contribution is -2.26. The summed E-state index contributed by atoms with van der Waals surface area (Å²) in [7, 11) is 3.36. The van der Waals surface area contributed by atoms with Crippen LogP contribution < -0.4 is 9.47 Å². The number of carbonyl (C=O) groups is 1. The Morgan fingerprint density at radius 1 is 1.25 bits per heavy atom. The van der Waals surface area contributed by atoms with Gasteiger partial charge in [-0.25, -0.2) is 0 Å². The van der Waals surface area contributed by atoms with Gasteiger partial charge < -0.3 is 14.2 Å². The zero-order valence-electron chi connectivity index (χ0n) is 17.1. The topological polar surface area (TPSA) is 44.8 Å². The second-order valence-corrected chi connectivity index (χ2v) is 7.34. The fraction of sp³-hybridized carbons (Fsp3) is 0.375. The van der Waals surface area contributed by atoms with Crippen LogP contribution in [-0.2, 0) is 22.6 Å². The smallest absolute Gasteiger partial charge is 0.145 e. The summed E-state index contributed by atoms with van der Waals surface area (Å²) in [5, 5.41) is 0. The maximum Gasteiger partial charge on any atom is 0.145 e. The summed E-state index contributed by atoms with van der Waals surface area (Å²) in [5.41, 5.74) is 6.34. The number of aldehydes is 1. The van der Waals surface area contributed by atoms with E-state index in [1.54, 1.807) is 14.2 Å². The summed E-state index contributed by atoms with van der Waals surface area (Å²) >= 11 is 0. The molecule has 4 nitrogen and oxygen atoms in total. The molecule has 148 valence electrons. The molecule has 0 radical (unpaired) electrons. The second kappa shape index (κ2) is 8.61. The van der Waals surface area contributed by atoms with E-state index in [4.69, 9.17) is 14.2 Å². The molecule has 0 aromatic heterocycles. The zero-order chi connectivity index (χ0) is 20.3. The number of methoxy groups -OCH3 is 2. The van der Waals surface area contributed by atoms with Crippen molar-refractivity contribution in [3.05, 3.63) is 70.3 Å². The van der Waals surface area contributed by atoms with Gasteiger partial charge in [-0.15, -0.1) is 0 Å². The molecule has 0 spiro atoms. The largest absolute Gasteiger partial charge is 0.497 e. The highest BCUT2D eigenvalue weighted by Crippen LogP contribution is 2.45. The molecule has 0 amide bonds. The average Bonchev–Trinajstić information content (AvgIpc) is 2.73. The normalized spacial score (nSPS) is 18.3. The number of carbonyl (C=O) groups excluding carboxylic acids is 1. The Hall–Kier alpha value is -2.59. The lowest BCUT2D eigenvalue weighted by Gasteiger charge is -2.35. The molecule has 0 bridgehead atoms. The molecular formula is C24H28O4. The van der Waals surface area contributed by atoms with Gasteiger partial charge in [0.1, 0.15) is 24.4 Å². The number of rotatable bonds is 7. The predicted molar refractivity (Wildman–Crippen MR) is 110 cm³/mol. The molecule has 1 aliphatic carbocycles. The highest BCUT2D eigenvalue weighted by molar-refractivity contribution is 5.73. The van der Waals surface area contributed by atoms with E-state index in [0.717, 1.165) is 47.3 Å². The van der Waals surface area contributed by atoms with Crippen molar-refractivity contribution in [2.75, 3.05) is 14.2 Å². The van der Waals surface area contributed by atoms with Gasteiger partial charge in [-0.2, -0.15) is 0 Å². The van der Waals surface area contributed by atoms with E-state index in [-0.39, 0.29) is 12.0 Å². The molecule has 0 N–H and O–H groups in total. The maximum atomic E-state index is 11.3. The molecule has 0 saturated carbocycles. The van der Waals surface area contributed by atoms with Crippen molar-refractivity contribution in [1.29, 1.82) is 0 Å². The van der Waals surface area contributed by atoms with Crippen molar-refractivity contribution >= 4 is 6.29 Å². The lowest BCUT2D eigenvalue weighted by molar-refractivity contribution is -0.106. The summed E-state index contributed by atoms with van der Waals surface area (Å²) < 4.78 is 17.3. The standard InChI is InChI=1S/C24H28O4/c1-15-11-22(28-14-18-7-6-8-19(12-18)26-4)17(3)23-20(15)9-10-21(16(2)13-25)24(23)27-5/h6-8,11-13,21,24H,2,9-10,14H2,1,3-5H3/t21-,24+/m0/s1. The third-order valence-corrected chi connectivity index (χ3v) is 5.69. The van der Waals surface area contributed by atoms with Crippen molar-refractivity contribution in [3.8, 4) is 11.5 Å². The minimum absolute atomic E-state index is 0.00161. The van der Waals surface area contributed by atoms with E-state index in [1.807, 2.05) is 24.3 Å². The van der Waals surface area contributed by atoms with E-state index >= 15 is 0 Å². The first-order valence-electron chi connectivity index (χ1n) is 9.55. The van der Waals surface area contributed by atoms with Crippen LogP contribution in [0.1, 0.15) is 40.3 Å². The lowest BCUT2D eigenvalue weighted by atomic mass is 9.75. The van der Waals surface area contributed by atoms with Crippen LogP contribution in [0.15, 0.2) is 42.5 Å². The van der Waals surface area contributed by atoms with Crippen molar-refractivity contribution in [2.45, 2.75) is 39.4 Å². The fourth-order valence-electron chi connectivity index (χ4n) is 4.16. The Bertz CT molecular complexity index is 884. The molecule has 0 fully saturated rings. The molecule has 2 aromatic carbocycles. The van der Waals surface area contributed by atoms with E-state index in [1.165, 1.54) is 11.1 Å². The maximum absolute atomic E-state index is 11.3. The van der Waals surface area contributed by atoms with Crippen LogP contribution in [0.2, 0.25) is 0 Å². The summed E-state index contributed by atoms with van der Waals surface area (Å²) in [6.07, 6.45) is 2.45.